The number of likely N-dealkylation sites (tertiary alicyclic amines) is 1. The highest BCUT2D eigenvalue weighted by molar-refractivity contribution is 6.36. The zero-order valence-electron chi connectivity index (χ0n) is 29.8. The Balaban J connectivity index is 1.15. The fourth-order valence-corrected chi connectivity index (χ4v) is 8.51. The number of fused-ring (bicyclic) bond motifs is 2. The molecule has 8 rings (SSSR count). The summed E-state index contributed by atoms with van der Waals surface area (Å²) in [6.45, 7) is 3.97. The molecule has 1 aliphatic carbocycles. The van der Waals surface area contributed by atoms with E-state index in [2.05, 4.69) is 31.9 Å². The topological polar surface area (TPSA) is 135 Å². The molecule has 5 aromatic rings. The van der Waals surface area contributed by atoms with E-state index < -0.39 is 23.1 Å². The number of pyridine rings is 2. The van der Waals surface area contributed by atoms with Gasteiger partial charge in [0.25, 0.3) is 5.56 Å². The zero-order valence-corrected chi connectivity index (χ0v) is 30.6. The van der Waals surface area contributed by atoms with E-state index in [1.54, 1.807) is 26.2 Å². The molecule has 0 bridgehead atoms. The number of hydrogen-bond donors (Lipinski definition) is 3. The maximum Gasteiger partial charge on any atom is 0.433 e. The van der Waals surface area contributed by atoms with Crippen LogP contribution >= 0.6 is 11.6 Å². The third-order valence-corrected chi connectivity index (χ3v) is 11.4. The van der Waals surface area contributed by atoms with Gasteiger partial charge in [0.2, 0.25) is 5.88 Å². The van der Waals surface area contributed by atoms with Gasteiger partial charge in [0.1, 0.15) is 16.9 Å². The van der Waals surface area contributed by atoms with Gasteiger partial charge in [0, 0.05) is 62.1 Å². The number of hydrogen-bond acceptors (Lipinski definition) is 8. The summed E-state index contributed by atoms with van der Waals surface area (Å²) in [5.41, 5.74) is 2.55. The second kappa shape index (κ2) is 12.9. The molecule has 3 aromatic heterocycles. The zero-order chi connectivity index (χ0) is 38.3. The fourth-order valence-electron chi connectivity index (χ4n) is 8.19. The number of halogens is 4. The molecule has 3 aliphatic rings. The molecule has 2 aliphatic heterocycles. The highest BCUT2D eigenvalue weighted by atomic mass is 35.5. The summed E-state index contributed by atoms with van der Waals surface area (Å²) >= 11 is 7.18. The van der Waals surface area contributed by atoms with Gasteiger partial charge in [-0.05, 0) is 61.1 Å². The highest BCUT2D eigenvalue weighted by Gasteiger charge is 2.47. The third kappa shape index (κ3) is 5.77. The largest absolute Gasteiger partial charge is 0.481 e. The fraction of sp³-hybridized carbons (Fsp3) is 0.342. The number of anilines is 2. The molecule has 0 radical (unpaired) electrons. The van der Waals surface area contributed by atoms with Crippen molar-refractivity contribution in [1.29, 1.82) is 0 Å². The minimum Gasteiger partial charge on any atom is -0.481 e. The molecule has 5 heterocycles. The van der Waals surface area contributed by atoms with Crippen LogP contribution in [0.5, 0.6) is 5.88 Å². The van der Waals surface area contributed by atoms with Crippen molar-refractivity contribution in [2.45, 2.75) is 43.9 Å². The Morgan fingerprint density at radius 2 is 1.76 bits per heavy atom. The molecule has 1 spiro atoms. The van der Waals surface area contributed by atoms with E-state index in [1.807, 2.05) is 24.3 Å². The molecule has 16 heteroatoms. The number of ether oxygens (including phenoxy) is 1. The van der Waals surface area contributed by atoms with Gasteiger partial charge in [-0.3, -0.25) is 18.8 Å². The predicted octanol–water partition coefficient (Wildman–Crippen LogP) is 5.84. The number of nitrogens with zero attached hydrogens (tertiary/aromatic N) is 5. The SMILES string of the molecule is COc1nc(-c2cccc(-c3cccc(Nc4nc(C(F)(F)F)cc5c4c(=O)n(C)c(=O)n5C)c3C)c2Cl)cc2c1[C@@H](N1CC[C@@]3(CNC(=O)N3)C1)CC2. The minimum absolute atomic E-state index is 0.0987. The smallest absolute Gasteiger partial charge is 0.433 e. The predicted molar refractivity (Wildman–Crippen MR) is 198 cm³/mol. The van der Waals surface area contributed by atoms with E-state index in [9.17, 15) is 27.6 Å². The van der Waals surface area contributed by atoms with Gasteiger partial charge in [0.05, 0.1) is 28.9 Å². The molecule has 0 saturated carbocycles. The number of carbonyl (C=O) groups is 1. The van der Waals surface area contributed by atoms with Crippen LogP contribution in [0.15, 0.2) is 58.1 Å². The van der Waals surface area contributed by atoms with E-state index >= 15 is 0 Å². The summed E-state index contributed by atoms with van der Waals surface area (Å²) in [7, 11) is 4.16. The lowest BCUT2D eigenvalue weighted by molar-refractivity contribution is -0.141. The Bertz CT molecular complexity index is 2520. The highest BCUT2D eigenvalue weighted by Crippen LogP contribution is 2.46. The van der Waals surface area contributed by atoms with Crippen molar-refractivity contribution in [1.82, 2.24) is 34.6 Å². The first-order valence-electron chi connectivity index (χ1n) is 17.4. The van der Waals surface area contributed by atoms with Gasteiger partial charge in [-0.15, -0.1) is 0 Å². The van der Waals surface area contributed by atoms with Crippen molar-refractivity contribution in [2.24, 2.45) is 14.1 Å². The van der Waals surface area contributed by atoms with Crippen LogP contribution in [0.25, 0.3) is 33.3 Å². The van der Waals surface area contributed by atoms with Crippen molar-refractivity contribution >= 4 is 40.0 Å². The van der Waals surface area contributed by atoms with E-state index in [4.69, 9.17) is 21.3 Å². The summed E-state index contributed by atoms with van der Waals surface area (Å²) in [5.74, 6) is 0.186. The lowest BCUT2D eigenvalue weighted by atomic mass is 9.96. The van der Waals surface area contributed by atoms with Gasteiger partial charge < -0.3 is 20.7 Å². The third-order valence-electron chi connectivity index (χ3n) is 11.0. The van der Waals surface area contributed by atoms with Crippen LogP contribution in [-0.4, -0.2) is 62.3 Å². The number of methoxy groups -OCH3 is 1. The maximum absolute atomic E-state index is 14.0. The quantitative estimate of drug-likeness (QED) is 0.197. The van der Waals surface area contributed by atoms with Crippen LogP contribution in [0.4, 0.5) is 29.5 Å². The lowest BCUT2D eigenvalue weighted by Gasteiger charge is -2.28. The number of aryl methyl sites for hydroxylation is 2. The molecule has 2 aromatic carbocycles. The summed E-state index contributed by atoms with van der Waals surface area (Å²) in [6, 6.07) is 13.5. The first kappa shape index (κ1) is 35.6. The number of alkyl halides is 3. The van der Waals surface area contributed by atoms with Gasteiger partial charge in [0.15, 0.2) is 0 Å². The first-order valence-corrected chi connectivity index (χ1v) is 17.8. The van der Waals surface area contributed by atoms with Crippen molar-refractivity contribution in [3.63, 3.8) is 0 Å². The molecular weight excluding hydrogens is 725 g/mol. The second-order valence-electron chi connectivity index (χ2n) is 14.2. The van der Waals surface area contributed by atoms with Crippen molar-refractivity contribution < 1.29 is 22.7 Å². The van der Waals surface area contributed by atoms with Gasteiger partial charge >= 0.3 is 17.9 Å². The molecular formula is C38H36ClF3N8O4. The van der Waals surface area contributed by atoms with Crippen molar-refractivity contribution in [3.05, 3.63) is 96.8 Å². The molecule has 2 saturated heterocycles. The van der Waals surface area contributed by atoms with Crippen LogP contribution in [0.1, 0.15) is 41.3 Å². The maximum atomic E-state index is 14.0. The Kier molecular flexibility index (Phi) is 8.49. The number of carbonyl (C=O) groups excluding carboxylic acids is 1. The molecule has 0 unspecified atom stereocenters. The summed E-state index contributed by atoms with van der Waals surface area (Å²) in [6.07, 6.45) is -2.28. The molecule has 12 nitrogen and oxygen atoms in total. The Labute approximate surface area is 311 Å². The summed E-state index contributed by atoms with van der Waals surface area (Å²) in [4.78, 5) is 49.0. The average Bonchev–Trinajstić information content (AvgIpc) is 3.87. The number of amides is 2. The summed E-state index contributed by atoms with van der Waals surface area (Å²) in [5, 5.41) is 9.22. The van der Waals surface area contributed by atoms with Gasteiger partial charge in [-0.2, -0.15) is 13.2 Å². The number of benzene rings is 2. The Hall–Kier alpha value is -5.41. The van der Waals surface area contributed by atoms with E-state index in [1.165, 1.54) is 14.1 Å². The van der Waals surface area contributed by atoms with Crippen molar-refractivity contribution in [3.8, 4) is 28.3 Å². The van der Waals surface area contributed by atoms with Crippen LogP contribution in [0.3, 0.4) is 0 Å². The normalized spacial score (nSPS) is 19.7. The monoisotopic (exact) mass is 760 g/mol. The van der Waals surface area contributed by atoms with E-state index in [0.29, 0.717) is 57.1 Å². The minimum atomic E-state index is -4.84. The Morgan fingerprint density at radius 1 is 1.02 bits per heavy atom. The number of nitrogens with one attached hydrogen (secondary N) is 3. The second-order valence-corrected chi connectivity index (χ2v) is 14.6. The molecule has 2 atom stereocenters. The first-order chi connectivity index (χ1) is 25.7. The summed E-state index contributed by atoms with van der Waals surface area (Å²) < 4.78 is 49.7. The molecule has 2 fully saturated rings. The Morgan fingerprint density at radius 3 is 2.48 bits per heavy atom. The van der Waals surface area contributed by atoms with Gasteiger partial charge in [-0.25, -0.2) is 19.6 Å². The van der Waals surface area contributed by atoms with Crippen LogP contribution in [-0.2, 0) is 26.7 Å². The van der Waals surface area contributed by atoms with Crippen LogP contribution in [0.2, 0.25) is 5.02 Å². The average molecular weight is 761 g/mol. The van der Waals surface area contributed by atoms with Gasteiger partial charge in [-0.1, -0.05) is 41.9 Å². The molecule has 54 heavy (non-hydrogen) atoms. The molecule has 3 N–H and O–H groups in total. The standard InChI is InChI=1S/C38H36ClF3N8O4/c1-19-21(7-6-10-24(19)44-32-30-27(16-28(46-32)38(40,41)42)48(2)36(53)49(3)34(30)51)22-8-5-9-23(31(22)39)25-15-20-11-12-26(29(20)33(45-25)54-4)50-14-13-37(18-50)17-43-35(52)47-37/h5-10,15-16,26H,11-14,17-18H2,1-4H3,(H,44,46)(H2,43,47,52)/t26-,37+/m0/s1. The number of urea groups is 1. The van der Waals surface area contributed by atoms with Crippen molar-refractivity contribution in [2.75, 3.05) is 32.1 Å². The molecule has 280 valence electrons. The number of aromatic nitrogens is 4. The number of rotatable bonds is 6. The van der Waals surface area contributed by atoms with Crippen LogP contribution < -0.4 is 31.9 Å². The molecule has 2 amide bonds. The van der Waals surface area contributed by atoms with E-state index in [-0.39, 0.29) is 34.3 Å². The van der Waals surface area contributed by atoms with Crippen LogP contribution in [0, 0.1) is 6.92 Å². The van der Waals surface area contributed by atoms with E-state index in [0.717, 1.165) is 52.6 Å². The lowest BCUT2D eigenvalue weighted by Crippen LogP contribution is -2.46.